The Kier molecular flexibility index (Phi) is 4.93. The molecule has 5 aromatic rings. The van der Waals surface area contributed by atoms with Gasteiger partial charge in [-0.25, -0.2) is 14.8 Å². The second-order valence-electron chi connectivity index (χ2n) is 7.85. The highest BCUT2D eigenvalue weighted by atomic mass is 16.4. The van der Waals surface area contributed by atoms with E-state index in [0.29, 0.717) is 12.2 Å². The molecule has 0 aliphatic carbocycles. The summed E-state index contributed by atoms with van der Waals surface area (Å²) in [7, 11) is 0. The molecule has 160 valence electrons. The van der Waals surface area contributed by atoms with Gasteiger partial charge in [0.05, 0.1) is 12.2 Å². The van der Waals surface area contributed by atoms with Crippen molar-refractivity contribution in [3.05, 3.63) is 94.2 Å². The van der Waals surface area contributed by atoms with E-state index in [4.69, 9.17) is 14.4 Å². The molecule has 0 aliphatic rings. The predicted octanol–water partition coefficient (Wildman–Crippen LogP) is 4.46. The first-order chi connectivity index (χ1) is 15.5. The second-order valence-corrected chi connectivity index (χ2v) is 7.85. The van der Waals surface area contributed by atoms with Crippen molar-refractivity contribution in [3.63, 3.8) is 0 Å². The smallest absolute Gasteiger partial charge is 0.395 e. The molecule has 3 heterocycles. The lowest BCUT2D eigenvalue weighted by atomic mass is 10.0. The van der Waals surface area contributed by atoms with Crippen molar-refractivity contribution in [1.29, 1.82) is 0 Å². The quantitative estimate of drug-likeness (QED) is 0.415. The molecule has 7 nitrogen and oxygen atoms in total. The molecule has 0 radical (unpaired) electrons. The molecule has 0 atom stereocenters. The summed E-state index contributed by atoms with van der Waals surface area (Å²) >= 11 is 0. The summed E-state index contributed by atoms with van der Waals surface area (Å²) in [4.78, 5) is 21.6. The van der Waals surface area contributed by atoms with Gasteiger partial charge >= 0.3 is 5.76 Å². The summed E-state index contributed by atoms with van der Waals surface area (Å²) in [6, 6.07) is 18.1. The molecule has 32 heavy (non-hydrogen) atoms. The van der Waals surface area contributed by atoms with E-state index in [1.807, 2.05) is 31.2 Å². The molecule has 5 rings (SSSR count). The van der Waals surface area contributed by atoms with Crippen LogP contribution < -0.4 is 5.76 Å². The fourth-order valence-corrected chi connectivity index (χ4v) is 4.13. The number of rotatable bonds is 5. The summed E-state index contributed by atoms with van der Waals surface area (Å²) in [5.74, 6) is 0.521. The third kappa shape index (κ3) is 3.41. The first kappa shape index (κ1) is 19.9. The highest BCUT2D eigenvalue weighted by molar-refractivity contribution is 5.76. The first-order valence-electron chi connectivity index (χ1n) is 10.6. The van der Waals surface area contributed by atoms with Crippen LogP contribution in [0.3, 0.4) is 0 Å². The lowest BCUT2D eigenvalue weighted by Gasteiger charge is -2.11. The summed E-state index contributed by atoms with van der Waals surface area (Å²) < 4.78 is 8.31. The van der Waals surface area contributed by atoms with Crippen LogP contribution in [0.5, 0.6) is 0 Å². The van der Waals surface area contributed by atoms with Crippen LogP contribution in [-0.2, 0) is 13.0 Å². The van der Waals surface area contributed by atoms with Gasteiger partial charge in [-0.2, -0.15) is 4.68 Å². The number of fused-ring (bicyclic) bond motifs is 1. The van der Waals surface area contributed by atoms with Gasteiger partial charge in [-0.05, 0) is 42.7 Å². The number of hydrogen-bond donors (Lipinski definition) is 0. The summed E-state index contributed by atoms with van der Waals surface area (Å²) in [6.45, 7) is 6.91. The number of aromatic nitrogens is 5. The van der Waals surface area contributed by atoms with E-state index in [-0.39, 0.29) is 0 Å². The largest absolute Gasteiger partial charge is 0.441 e. The van der Waals surface area contributed by atoms with Crippen molar-refractivity contribution in [1.82, 2.24) is 24.3 Å². The van der Waals surface area contributed by atoms with E-state index in [2.05, 4.69) is 53.8 Å². The molecule has 0 fully saturated rings. The van der Waals surface area contributed by atoms with Crippen molar-refractivity contribution in [3.8, 4) is 16.8 Å². The van der Waals surface area contributed by atoms with E-state index in [1.54, 1.807) is 0 Å². The van der Waals surface area contributed by atoms with Crippen molar-refractivity contribution < 1.29 is 4.42 Å². The minimum Gasteiger partial charge on any atom is -0.395 e. The highest BCUT2D eigenvalue weighted by Gasteiger charge is 2.15. The predicted molar refractivity (Wildman–Crippen MR) is 123 cm³/mol. The van der Waals surface area contributed by atoms with E-state index in [1.165, 1.54) is 4.68 Å². The van der Waals surface area contributed by atoms with Crippen molar-refractivity contribution >= 4 is 11.2 Å². The average molecular weight is 425 g/mol. The van der Waals surface area contributed by atoms with Crippen LogP contribution in [0.25, 0.3) is 28.0 Å². The molecule has 0 saturated heterocycles. The van der Waals surface area contributed by atoms with Gasteiger partial charge in [0.25, 0.3) is 0 Å². The maximum Gasteiger partial charge on any atom is 0.441 e. The van der Waals surface area contributed by atoms with Crippen molar-refractivity contribution in [2.24, 2.45) is 0 Å². The van der Waals surface area contributed by atoms with Crippen LogP contribution in [0.2, 0.25) is 0 Å². The fourth-order valence-electron chi connectivity index (χ4n) is 4.13. The lowest BCUT2D eigenvalue weighted by Crippen LogP contribution is -2.14. The number of hydrogen-bond acceptors (Lipinski definition) is 5. The Labute approximate surface area is 185 Å². The molecule has 0 saturated carbocycles. The van der Waals surface area contributed by atoms with Gasteiger partial charge in [-0.1, -0.05) is 49.4 Å². The zero-order valence-electron chi connectivity index (χ0n) is 18.2. The Bertz CT molecular complexity index is 1470. The standard InChI is InChI=1S/C25H23N5O2/c1-4-22-28-23-16(2)13-17(3)27-24(23)29(22)14-18-9-11-19(12-10-18)20-7-5-6-8-21(20)30-25(31)32-15-26-30/h5-13,15H,4,14H2,1-3H3. The normalized spacial score (nSPS) is 11.3. The van der Waals surface area contributed by atoms with Gasteiger partial charge in [0.1, 0.15) is 11.3 Å². The zero-order chi connectivity index (χ0) is 22.2. The third-order valence-corrected chi connectivity index (χ3v) is 5.64. The van der Waals surface area contributed by atoms with Gasteiger partial charge in [0.15, 0.2) is 5.65 Å². The summed E-state index contributed by atoms with van der Waals surface area (Å²) in [5, 5.41) is 4.02. The molecule has 0 spiro atoms. The molecule has 0 amide bonds. The Morgan fingerprint density at radius 1 is 1.00 bits per heavy atom. The maximum absolute atomic E-state index is 12.0. The molecule has 0 bridgehead atoms. The molecular formula is C25H23N5O2. The minimum absolute atomic E-state index is 0.508. The molecule has 0 unspecified atom stereocenters. The minimum atomic E-state index is -0.508. The Morgan fingerprint density at radius 2 is 1.78 bits per heavy atom. The highest BCUT2D eigenvalue weighted by Crippen LogP contribution is 2.27. The maximum atomic E-state index is 12.0. The van der Waals surface area contributed by atoms with Gasteiger partial charge in [0.2, 0.25) is 6.39 Å². The lowest BCUT2D eigenvalue weighted by molar-refractivity contribution is 0.504. The van der Waals surface area contributed by atoms with Crippen LogP contribution >= 0.6 is 0 Å². The second kappa shape index (κ2) is 7.92. The third-order valence-electron chi connectivity index (χ3n) is 5.64. The number of aryl methyl sites for hydroxylation is 3. The average Bonchev–Trinajstić information content (AvgIpc) is 3.38. The fraction of sp³-hybridized carbons (Fsp3) is 0.200. The summed E-state index contributed by atoms with van der Waals surface area (Å²) in [5.41, 5.74) is 7.78. The van der Waals surface area contributed by atoms with Crippen molar-refractivity contribution in [2.75, 3.05) is 0 Å². The number of para-hydroxylation sites is 1. The Hall–Kier alpha value is -4.00. The van der Waals surface area contributed by atoms with Gasteiger partial charge in [-0.15, -0.1) is 5.10 Å². The molecule has 3 aromatic heterocycles. The molecular weight excluding hydrogens is 402 g/mol. The zero-order valence-corrected chi connectivity index (χ0v) is 18.2. The van der Waals surface area contributed by atoms with Crippen LogP contribution in [0.4, 0.5) is 0 Å². The van der Waals surface area contributed by atoms with E-state index < -0.39 is 5.76 Å². The number of benzene rings is 2. The monoisotopic (exact) mass is 425 g/mol. The molecule has 0 aliphatic heterocycles. The van der Waals surface area contributed by atoms with Crippen LogP contribution in [0, 0.1) is 13.8 Å². The molecule has 0 N–H and O–H groups in total. The van der Waals surface area contributed by atoms with E-state index in [9.17, 15) is 4.79 Å². The van der Waals surface area contributed by atoms with Gasteiger partial charge < -0.3 is 8.98 Å². The number of imidazole rings is 1. The number of nitrogens with zero attached hydrogens (tertiary/aromatic N) is 5. The SMILES string of the molecule is CCc1nc2c(C)cc(C)nc2n1Cc1ccc(-c2ccccc2-n2ncoc2=O)cc1. The van der Waals surface area contributed by atoms with Crippen LogP contribution in [0.15, 0.2) is 70.2 Å². The molecule has 7 heteroatoms. The van der Waals surface area contributed by atoms with Gasteiger partial charge in [-0.3, -0.25) is 0 Å². The Morgan fingerprint density at radius 3 is 2.50 bits per heavy atom. The van der Waals surface area contributed by atoms with Crippen LogP contribution in [-0.4, -0.2) is 24.3 Å². The summed E-state index contributed by atoms with van der Waals surface area (Å²) in [6.07, 6.45) is 1.99. The Balaban J connectivity index is 1.52. The molecule has 2 aromatic carbocycles. The van der Waals surface area contributed by atoms with E-state index >= 15 is 0 Å². The first-order valence-corrected chi connectivity index (χ1v) is 10.6. The van der Waals surface area contributed by atoms with Gasteiger partial charge in [0, 0.05) is 17.7 Å². The number of pyridine rings is 1. The van der Waals surface area contributed by atoms with Crippen molar-refractivity contribution in [2.45, 2.75) is 33.7 Å². The van der Waals surface area contributed by atoms with Crippen LogP contribution in [0.1, 0.15) is 29.6 Å². The van der Waals surface area contributed by atoms with E-state index in [0.717, 1.165) is 57.8 Å². The topological polar surface area (TPSA) is 78.7 Å².